The van der Waals surface area contributed by atoms with Crippen LogP contribution < -0.4 is 0 Å². The summed E-state index contributed by atoms with van der Waals surface area (Å²) in [4.78, 5) is 11.9. The van der Waals surface area contributed by atoms with Crippen molar-refractivity contribution in [3.8, 4) is 0 Å². The van der Waals surface area contributed by atoms with Gasteiger partial charge in [-0.2, -0.15) is 0 Å². The molecule has 162 valence electrons. The molecule has 0 aromatic heterocycles. The fourth-order valence-corrected chi connectivity index (χ4v) is 6.38. The van der Waals surface area contributed by atoms with Crippen LogP contribution in [-0.2, 0) is 18.1 Å². The molecule has 0 aliphatic rings. The zero-order valence-electron chi connectivity index (χ0n) is 18.3. The van der Waals surface area contributed by atoms with E-state index in [1.807, 2.05) is 20.8 Å². The Morgan fingerprint density at radius 3 is 1.63 bits per heavy atom. The molecule has 0 bridgehead atoms. The molecule has 0 fully saturated rings. The van der Waals surface area contributed by atoms with Gasteiger partial charge in [0.1, 0.15) is 0 Å². The number of rotatable bonds is 20. The van der Waals surface area contributed by atoms with Crippen LogP contribution in [0.5, 0.6) is 0 Å². The van der Waals surface area contributed by atoms with Gasteiger partial charge in [0.05, 0.1) is 0 Å². The van der Waals surface area contributed by atoms with Crippen molar-refractivity contribution in [1.82, 2.24) is 0 Å². The lowest BCUT2D eigenvalue weighted by atomic mass is 9.97. The van der Waals surface area contributed by atoms with Crippen molar-refractivity contribution in [3.05, 3.63) is 0 Å². The molecule has 0 heterocycles. The predicted molar refractivity (Wildman–Crippen MR) is 119 cm³/mol. The molecule has 0 rings (SSSR count). The van der Waals surface area contributed by atoms with E-state index >= 15 is 0 Å². The van der Waals surface area contributed by atoms with Crippen LogP contribution in [0, 0.1) is 5.92 Å². The highest BCUT2D eigenvalue weighted by molar-refractivity contribution is 7.96. The van der Waals surface area contributed by atoms with Crippen LogP contribution in [0.25, 0.3) is 0 Å². The number of carbonyl (C=O) groups is 1. The molecule has 0 spiro atoms. The third-order valence-corrected chi connectivity index (χ3v) is 8.40. The maximum Gasteiger partial charge on any atom is 0.500 e. The van der Waals surface area contributed by atoms with Crippen LogP contribution in [0.1, 0.15) is 98.3 Å². The van der Waals surface area contributed by atoms with E-state index in [-0.39, 0.29) is 11.0 Å². The zero-order valence-corrected chi connectivity index (χ0v) is 20.2. The largest absolute Gasteiger partial charge is 0.500 e. The van der Waals surface area contributed by atoms with E-state index in [0.29, 0.717) is 19.8 Å². The summed E-state index contributed by atoms with van der Waals surface area (Å²) in [5, 5.41) is 0.0226. The molecule has 0 saturated heterocycles. The monoisotopic (exact) mass is 420 g/mol. The van der Waals surface area contributed by atoms with Crippen LogP contribution in [-0.4, -0.2) is 33.7 Å². The first-order valence-corrected chi connectivity index (χ1v) is 13.6. The minimum Gasteiger partial charge on any atom is -0.374 e. The van der Waals surface area contributed by atoms with E-state index in [2.05, 4.69) is 19.6 Å². The van der Waals surface area contributed by atoms with Gasteiger partial charge in [-0.05, 0) is 40.0 Å². The maximum atomic E-state index is 11.9. The Labute approximate surface area is 174 Å². The zero-order chi connectivity index (χ0) is 20.4. The Hall–Kier alpha value is 0.117. The Kier molecular flexibility index (Phi) is 18.2. The van der Waals surface area contributed by atoms with Crippen molar-refractivity contribution in [2.45, 2.75) is 104 Å². The SMILES string of the molecule is CCCCCCCCCCC(CCC[Si](OCC)(OCC)OCC)C(=O)S. The van der Waals surface area contributed by atoms with Crippen molar-refractivity contribution < 1.29 is 18.1 Å². The first-order valence-electron chi connectivity index (χ1n) is 11.2. The van der Waals surface area contributed by atoms with Crippen molar-refractivity contribution >= 4 is 26.5 Å². The lowest BCUT2D eigenvalue weighted by Gasteiger charge is -2.28. The molecule has 1 atom stereocenters. The molecule has 0 radical (unpaired) electrons. The van der Waals surface area contributed by atoms with E-state index in [1.165, 1.54) is 44.9 Å². The van der Waals surface area contributed by atoms with E-state index in [1.54, 1.807) is 0 Å². The molecule has 0 aliphatic heterocycles. The van der Waals surface area contributed by atoms with Gasteiger partial charge in [-0.1, -0.05) is 58.3 Å². The maximum absolute atomic E-state index is 11.9. The molecule has 0 aromatic carbocycles. The fraction of sp³-hybridized carbons (Fsp3) is 0.952. The normalized spacial score (nSPS) is 13.1. The van der Waals surface area contributed by atoms with Gasteiger partial charge in [0.15, 0.2) is 5.12 Å². The molecule has 0 aromatic rings. The average molecular weight is 421 g/mol. The first kappa shape index (κ1) is 27.1. The molecule has 6 heteroatoms. The highest BCUT2D eigenvalue weighted by Gasteiger charge is 2.39. The average Bonchev–Trinajstić information content (AvgIpc) is 2.63. The first-order chi connectivity index (χ1) is 13.0. The van der Waals surface area contributed by atoms with E-state index in [9.17, 15) is 4.79 Å². The van der Waals surface area contributed by atoms with Gasteiger partial charge < -0.3 is 13.3 Å². The summed E-state index contributed by atoms with van der Waals surface area (Å²) in [5.74, 6) is 0.0463. The molecule has 0 saturated carbocycles. The van der Waals surface area contributed by atoms with Crippen LogP contribution >= 0.6 is 12.6 Å². The summed E-state index contributed by atoms with van der Waals surface area (Å²) in [6.07, 6.45) is 13.0. The van der Waals surface area contributed by atoms with Crippen LogP contribution in [0.4, 0.5) is 0 Å². The number of hydrogen-bond acceptors (Lipinski definition) is 4. The van der Waals surface area contributed by atoms with E-state index in [0.717, 1.165) is 31.7 Å². The number of thiol groups is 1. The van der Waals surface area contributed by atoms with Gasteiger partial charge in [0, 0.05) is 31.8 Å². The van der Waals surface area contributed by atoms with Crippen LogP contribution in [0.3, 0.4) is 0 Å². The second-order valence-electron chi connectivity index (χ2n) is 7.17. The Bertz CT molecular complexity index is 338. The second-order valence-corrected chi connectivity index (χ2v) is 10.3. The summed E-state index contributed by atoms with van der Waals surface area (Å²) < 4.78 is 17.7. The number of unbranched alkanes of at least 4 members (excludes halogenated alkanes) is 7. The minimum absolute atomic E-state index is 0.0226. The summed E-state index contributed by atoms with van der Waals surface area (Å²) >= 11 is 4.12. The highest BCUT2D eigenvalue weighted by atomic mass is 32.1. The van der Waals surface area contributed by atoms with Gasteiger partial charge >= 0.3 is 8.80 Å². The van der Waals surface area contributed by atoms with Crippen molar-refractivity contribution in [1.29, 1.82) is 0 Å². The molecular formula is C21H44O4SSi. The topological polar surface area (TPSA) is 44.8 Å². The Morgan fingerprint density at radius 2 is 1.19 bits per heavy atom. The lowest BCUT2D eigenvalue weighted by Crippen LogP contribution is -2.46. The van der Waals surface area contributed by atoms with Crippen molar-refractivity contribution in [3.63, 3.8) is 0 Å². The molecule has 1 unspecified atom stereocenters. The van der Waals surface area contributed by atoms with Crippen LogP contribution in [0.15, 0.2) is 0 Å². The number of hydrogen-bond donors (Lipinski definition) is 1. The fourth-order valence-electron chi connectivity index (χ4n) is 3.48. The molecular weight excluding hydrogens is 376 g/mol. The summed E-state index contributed by atoms with van der Waals surface area (Å²) in [6, 6.07) is 0.775. The van der Waals surface area contributed by atoms with E-state index < -0.39 is 8.80 Å². The number of carbonyl (C=O) groups excluding carboxylic acids is 1. The highest BCUT2D eigenvalue weighted by Crippen LogP contribution is 2.25. The molecule has 4 nitrogen and oxygen atoms in total. The summed E-state index contributed by atoms with van der Waals surface area (Å²) in [6.45, 7) is 9.96. The van der Waals surface area contributed by atoms with Crippen molar-refractivity contribution in [2.24, 2.45) is 5.92 Å². The quantitative estimate of drug-likeness (QED) is 0.140. The van der Waals surface area contributed by atoms with Gasteiger partial charge in [-0.15, -0.1) is 12.6 Å². The third-order valence-electron chi connectivity index (χ3n) is 4.88. The van der Waals surface area contributed by atoms with Crippen LogP contribution in [0.2, 0.25) is 6.04 Å². The minimum atomic E-state index is -2.59. The van der Waals surface area contributed by atoms with E-state index in [4.69, 9.17) is 13.3 Å². The van der Waals surface area contributed by atoms with Gasteiger partial charge in [0.2, 0.25) is 0 Å². The Morgan fingerprint density at radius 1 is 0.741 bits per heavy atom. The van der Waals surface area contributed by atoms with Crippen molar-refractivity contribution in [2.75, 3.05) is 19.8 Å². The molecule has 0 aliphatic carbocycles. The lowest BCUT2D eigenvalue weighted by molar-refractivity contribution is -0.114. The molecule has 0 amide bonds. The standard InChI is InChI=1S/C21H44O4SSi/c1-5-9-10-11-12-13-14-15-17-20(21(22)26)18-16-19-27(23-6-2,24-7-3)25-8-4/h20H,5-19H2,1-4H3,(H,22,26). The molecule has 0 N–H and O–H groups in total. The van der Waals surface area contributed by atoms with Gasteiger partial charge in [-0.3, -0.25) is 4.79 Å². The molecule has 27 heavy (non-hydrogen) atoms. The second kappa shape index (κ2) is 18.2. The smallest absolute Gasteiger partial charge is 0.374 e. The predicted octanol–water partition coefficient (Wildman–Crippen LogP) is 6.42. The third kappa shape index (κ3) is 13.9. The van der Waals surface area contributed by atoms with Gasteiger partial charge in [-0.25, -0.2) is 0 Å². The summed E-state index contributed by atoms with van der Waals surface area (Å²) in [7, 11) is -2.59. The Balaban J connectivity index is 4.19. The van der Waals surface area contributed by atoms with Gasteiger partial charge in [0.25, 0.3) is 0 Å². The summed E-state index contributed by atoms with van der Waals surface area (Å²) in [5.41, 5.74) is 0.